The molecule has 0 amide bonds. The van der Waals surface area contributed by atoms with Crippen molar-refractivity contribution in [2.45, 2.75) is 48.7 Å². The molecule has 4 aromatic heterocycles. The molecule has 47 heavy (non-hydrogen) atoms. The first-order valence-corrected chi connectivity index (χ1v) is 18.3. The van der Waals surface area contributed by atoms with E-state index in [2.05, 4.69) is 29.9 Å². The number of fused-ring (bicyclic) bond motifs is 2. The van der Waals surface area contributed by atoms with Gasteiger partial charge in [0.2, 0.25) is 5.95 Å². The van der Waals surface area contributed by atoms with Crippen molar-refractivity contribution in [3.8, 4) is 0 Å². The Bertz CT molecular complexity index is 2130. The van der Waals surface area contributed by atoms with E-state index >= 15 is 0 Å². The maximum absolute atomic E-state index is 13.6. The zero-order valence-electron chi connectivity index (χ0n) is 23.8. The van der Waals surface area contributed by atoms with E-state index in [-0.39, 0.29) is 35.5 Å². The van der Waals surface area contributed by atoms with Gasteiger partial charge >= 0.3 is 14.5 Å². The van der Waals surface area contributed by atoms with Gasteiger partial charge in [0, 0.05) is 5.41 Å². The number of anilines is 2. The predicted molar refractivity (Wildman–Crippen MR) is 158 cm³/mol. The molecule has 2 saturated carbocycles. The molecule has 21 nitrogen and oxygen atoms in total. The third kappa shape index (κ3) is 4.35. The van der Waals surface area contributed by atoms with Crippen LogP contribution in [-0.2, 0) is 43.9 Å². The highest BCUT2D eigenvalue weighted by Gasteiger charge is 2.74. The van der Waals surface area contributed by atoms with Gasteiger partial charge in [-0.3, -0.25) is 23.4 Å². The fourth-order valence-corrected chi connectivity index (χ4v) is 10.1. The zero-order valence-corrected chi connectivity index (χ0v) is 26.4. The van der Waals surface area contributed by atoms with Crippen molar-refractivity contribution in [3.05, 3.63) is 29.3 Å². The molecule has 3 aliphatic heterocycles. The van der Waals surface area contributed by atoms with E-state index in [1.807, 2.05) is 0 Å². The Morgan fingerprint density at radius 2 is 1.79 bits per heavy atom. The Balaban J connectivity index is 1.05. The molecule has 0 aromatic carbocycles. The monoisotopic (exact) mass is 712 g/mol. The van der Waals surface area contributed by atoms with Gasteiger partial charge in [-0.15, -0.1) is 0 Å². The van der Waals surface area contributed by atoms with Crippen LogP contribution in [0.2, 0.25) is 0 Å². The molecule has 24 heteroatoms. The maximum Gasteiger partial charge on any atom is 0.472 e. The van der Waals surface area contributed by atoms with E-state index in [0.29, 0.717) is 17.6 Å². The SMILES string of the molecule is Nc1nc2c(ncn2[C@@H]2O[C@@]34CO[C@@H]2[C@@H]3OP(=O)(O)OCC23C[C@@H]2[C@@H](n2cnc5c(N)ncnc52)[C@H](O)[C@@H]3OP(O)(=S)OC4)c(=O)[nH]1. The molecular weight excluding hydrogens is 686 g/mol. The molecule has 11 atom stereocenters. The highest BCUT2D eigenvalue weighted by Crippen LogP contribution is 2.72. The molecule has 3 saturated heterocycles. The van der Waals surface area contributed by atoms with E-state index in [0.717, 1.165) is 0 Å². The number of aliphatic hydroxyl groups excluding tert-OH is 1. The van der Waals surface area contributed by atoms with Crippen LogP contribution in [0.25, 0.3) is 22.3 Å². The number of hydrogen-bond donors (Lipinski definition) is 6. The zero-order chi connectivity index (χ0) is 32.7. The van der Waals surface area contributed by atoms with Crippen molar-refractivity contribution in [3.63, 3.8) is 0 Å². The molecule has 5 fully saturated rings. The molecule has 9 rings (SSSR count). The Morgan fingerprint density at radius 3 is 2.62 bits per heavy atom. The largest absolute Gasteiger partial charge is 0.472 e. The van der Waals surface area contributed by atoms with Gasteiger partial charge < -0.3 is 49.4 Å². The number of aromatic nitrogens is 8. The van der Waals surface area contributed by atoms with E-state index in [9.17, 15) is 24.3 Å². The fraction of sp³-hybridized carbons (Fsp3) is 0.565. The number of H-pyrrole nitrogens is 1. The standard InChI is InChI=1S/C23H26N10O11P2S/c24-16-9-17(27-5-26-16)32(6-28-9)11-8-1-22(8)2-40-45(36,37)43-15-13-20(33-7-29-10-18(33)30-21(25)31-19(10)35)42-23(15,3-39-13)4-41-46(38,47)44-14(22)12(11)34/h5-8,11-15,20,34H,1-4H2,(H,36,37)(H,38,47)(H2,24,26,27)(H3,25,30,31,35)/t8-,11-,12+,13-,14+,15+,20-,22?,23-,46?/m1/s1. The number of phosphoric ester groups is 1. The molecule has 250 valence electrons. The molecule has 7 heterocycles. The molecule has 2 aliphatic carbocycles. The number of aromatic amines is 1. The minimum absolute atomic E-state index is 0.0316. The summed E-state index contributed by atoms with van der Waals surface area (Å²) in [4.78, 5) is 57.9. The number of hydrogen-bond acceptors (Lipinski definition) is 17. The van der Waals surface area contributed by atoms with Gasteiger partial charge in [0.05, 0.1) is 38.5 Å². The average Bonchev–Trinajstić information content (AvgIpc) is 3.43. The molecule has 4 aromatic rings. The van der Waals surface area contributed by atoms with Crippen molar-refractivity contribution >= 4 is 60.4 Å². The van der Waals surface area contributed by atoms with Crippen LogP contribution < -0.4 is 17.0 Å². The Kier molecular flexibility index (Phi) is 6.28. The van der Waals surface area contributed by atoms with Crippen molar-refractivity contribution in [2.75, 3.05) is 31.3 Å². The van der Waals surface area contributed by atoms with Crippen LogP contribution >= 0.6 is 14.5 Å². The molecule has 3 unspecified atom stereocenters. The first kappa shape index (κ1) is 30.1. The van der Waals surface area contributed by atoms with E-state index in [1.54, 1.807) is 4.57 Å². The quantitative estimate of drug-likeness (QED) is 0.134. The lowest BCUT2D eigenvalue weighted by Crippen LogP contribution is -2.46. The number of phosphoric acid groups is 1. The molecule has 1 spiro atoms. The van der Waals surface area contributed by atoms with Gasteiger partial charge in [-0.25, -0.2) is 24.5 Å². The molecule has 2 bridgehead atoms. The highest BCUT2D eigenvalue weighted by molar-refractivity contribution is 8.07. The number of nitrogens with zero attached hydrogens (tertiary/aromatic N) is 7. The van der Waals surface area contributed by atoms with Crippen molar-refractivity contribution in [1.82, 2.24) is 39.0 Å². The topological polar surface area (TPSA) is 292 Å². The Labute approximate surface area is 267 Å². The molecule has 0 radical (unpaired) electrons. The minimum Gasteiger partial charge on any atom is -0.388 e. The van der Waals surface area contributed by atoms with E-state index in [1.165, 1.54) is 23.5 Å². The number of ether oxygens (including phenoxy) is 2. The fourth-order valence-electron chi connectivity index (χ4n) is 7.50. The summed E-state index contributed by atoms with van der Waals surface area (Å²) in [5.41, 5.74) is 9.18. The van der Waals surface area contributed by atoms with Crippen LogP contribution in [0.1, 0.15) is 18.7 Å². The predicted octanol–water partition coefficient (Wildman–Crippen LogP) is -1.15. The van der Waals surface area contributed by atoms with E-state index < -0.39 is 81.0 Å². The summed E-state index contributed by atoms with van der Waals surface area (Å²) in [6, 6.07) is -0.701. The summed E-state index contributed by atoms with van der Waals surface area (Å²) in [6.07, 6.45) is -1.54. The molecular formula is C23H26N10O11P2S. The first-order valence-electron chi connectivity index (χ1n) is 14.3. The lowest BCUT2D eigenvalue weighted by atomic mass is 10.0. The highest BCUT2D eigenvalue weighted by atomic mass is 32.5. The second-order valence-corrected chi connectivity index (χ2v) is 16.5. The van der Waals surface area contributed by atoms with Gasteiger partial charge in [0.25, 0.3) is 5.56 Å². The number of rotatable bonds is 2. The summed E-state index contributed by atoms with van der Waals surface area (Å²) in [5.74, 6) is -0.398. The van der Waals surface area contributed by atoms with Crippen LogP contribution in [0.5, 0.6) is 0 Å². The van der Waals surface area contributed by atoms with Crippen LogP contribution in [0.3, 0.4) is 0 Å². The third-order valence-corrected chi connectivity index (χ3v) is 12.2. The number of imidazole rings is 2. The maximum atomic E-state index is 13.6. The van der Waals surface area contributed by atoms with Crippen molar-refractivity contribution < 1.29 is 47.0 Å². The summed E-state index contributed by atoms with van der Waals surface area (Å²) in [7, 11) is -4.86. The van der Waals surface area contributed by atoms with Gasteiger partial charge in [-0.05, 0) is 24.1 Å². The summed E-state index contributed by atoms with van der Waals surface area (Å²) >= 11 is 5.41. The summed E-state index contributed by atoms with van der Waals surface area (Å²) < 4.78 is 52.0. The van der Waals surface area contributed by atoms with Gasteiger partial charge in [0.15, 0.2) is 28.9 Å². The van der Waals surface area contributed by atoms with Crippen LogP contribution in [0.4, 0.5) is 11.8 Å². The Hall–Kier alpha value is -2.98. The van der Waals surface area contributed by atoms with Crippen LogP contribution in [-0.4, -0.2) is 104 Å². The van der Waals surface area contributed by atoms with Gasteiger partial charge in [-0.2, -0.15) is 4.98 Å². The summed E-state index contributed by atoms with van der Waals surface area (Å²) in [5, 5.41) is 11.6. The third-order valence-electron chi connectivity index (χ3n) is 9.69. The normalized spacial score (nSPS) is 42.9. The van der Waals surface area contributed by atoms with Gasteiger partial charge in [0.1, 0.15) is 41.9 Å². The van der Waals surface area contributed by atoms with Crippen molar-refractivity contribution in [1.29, 1.82) is 0 Å². The van der Waals surface area contributed by atoms with Crippen molar-refractivity contribution in [2.24, 2.45) is 11.3 Å². The van der Waals surface area contributed by atoms with E-state index in [4.69, 9.17) is 50.8 Å². The lowest BCUT2D eigenvalue weighted by molar-refractivity contribution is -0.183. The Morgan fingerprint density at radius 1 is 1.00 bits per heavy atom. The lowest BCUT2D eigenvalue weighted by Gasteiger charge is -2.35. The summed E-state index contributed by atoms with van der Waals surface area (Å²) in [6.45, 7) is -5.25. The minimum atomic E-state index is -4.86. The average molecular weight is 713 g/mol. The number of aliphatic hydroxyl groups is 1. The second-order valence-electron chi connectivity index (χ2n) is 12.3. The van der Waals surface area contributed by atoms with Gasteiger partial charge in [-0.1, -0.05) is 0 Å². The second kappa shape index (κ2) is 9.80. The molecule has 8 N–H and O–H groups in total. The number of nitrogens with two attached hydrogens (primary N) is 2. The number of nitrogens with one attached hydrogen (secondary N) is 1. The van der Waals surface area contributed by atoms with Crippen LogP contribution in [0.15, 0.2) is 23.8 Å². The molecule has 5 aliphatic rings. The smallest absolute Gasteiger partial charge is 0.388 e. The van der Waals surface area contributed by atoms with Crippen LogP contribution in [0, 0.1) is 11.3 Å². The number of nitrogen functional groups attached to an aromatic ring is 2. The first-order chi connectivity index (χ1) is 22.3.